The van der Waals surface area contributed by atoms with Gasteiger partial charge in [0.05, 0.1) is 56.0 Å². The van der Waals surface area contributed by atoms with Gasteiger partial charge < -0.3 is 24.6 Å². The lowest BCUT2D eigenvalue weighted by Crippen LogP contribution is -2.49. The number of piperazine rings is 1. The number of hydrogen-bond donors (Lipinski definition) is 2. The number of pyridine rings is 1. The van der Waals surface area contributed by atoms with Crippen LogP contribution in [0.15, 0.2) is 41.7 Å². The second-order valence-electron chi connectivity index (χ2n) is 7.83. The third kappa shape index (κ3) is 7.59. The Morgan fingerprint density at radius 1 is 1.28 bits per heavy atom. The molecule has 1 aliphatic rings. The van der Waals surface area contributed by atoms with Gasteiger partial charge in [0, 0.05) is 32.4 Å². The summed E-state index contributed by atoms with van der Waals surface area (Å²) in [5, 5.41) is 8.36. The first-order valence-corrected chi connectivity index (χ1v) is 11.4. The van der Waals surface area contributed by atoms with Gasteiger partial charge in [-0.1, -0.05) is 11.6 Å². The topological polar surface area (TPSA) is 113 Å². The van der Waals surface area contributed by atoms with Crippen LogP contribution in [0.25, 0.3) is 0 Å². The summed E-state index contributed by atoms with van der Waals surface area (Å²) < 4.78 is 50.3. The second-order valence-corrected chi connectivity index (χ2v) is 8.26. The highest BCUT2D eigenvalue weighted by atomic mass is 35.5. The summed E-state index contributed by atoms with van der Waals surface area (Å²) in [5.41, 5.74) is -3.25. The monoisotopic (exact) mass is 530 g/mol. The van der Waals surface area contributed by atoms with Crippen LogP contribution in [0.5, 0.6) is 0 Å². The maximum atomic E-state index is 13.3. The highest BCUT2D eigenvalue weighted by molar-refractivity contribution is 6.30. The number of nitrogens with zero attached hydrogens (tertiary/aromatic N) is 4. The molecule has 14 heteroatoms. The number of aromatic nitrogens is 3. The van der Waals surface area contributed by atoms with Crippen LogP contribution in [-0.2, 0) is 20.4 Å². The first-order valence-electron chi connectivity index (χ1n) is 11.0. The van der Waals surface area contributed by atoms with Gasteiger partial charge in [-0.05, 0) is 18.2 Å². The van der Waals surface area contributed by atoms with Crippen molar-refractivity contribution in [3.05, 3.63) is 57.8 Å². The first kappa shape index (κ1) is 27.3. The van der Waals surface area contributed by atoms with Crippen molar-refractivity contribution in [2.45, 2.75) is 18.6 Å². The fraction of sp³-hybridized carbons (Fsp3) is 0.455. The van der Waals surface area contributed by atoms with E-state index < -0.39 is 29.0 Å². The molecule has 0 radical (unpaired) electrons. The molecule has 0 spiro atoms. The minimum absolute atomic E-state index is 0.0660. The molecule has 3 rings (SSSR count). The van der Waals surface area contributed by atoms with Crippen molar-refractivity contribution in [3.8, 4) is 0 Å². The van der Waals surface area contributed by atoms with Crippen molar-refractivity contribution in [1.82, 2.24) is 20.1 Å². The largest absolute Gasteiger partial charge is 0.505 e. The number of halogens is 4. The van der Waals surface area contributed by atoms with E-state index in [4.69, 9.17) is 21.1 Å². The molecule has 3 heterocycles. The van der Waals surface area contributed by atoms with E-state index in [9.17, 15) is 22.8 Å². The standard InChI is InChI=1S/C22H26ClF3N6O4/c1-35-10-4-16(29-17-13-28-30-21(34)20(17)22(24,25)26)14-36-11-5-19(33)32-8-6-31(7-9-32)18-3-2-15(23)12-27-18/h2-4,10,12-13,16H,5-9,11,14H2,1H3,(H2,29,30,34)/b10-4+. The van der Waals surface area contributed by atoms with Crippen molar-refractivity contribution in [2.75, 3.05) is 56.7 Å². The number of anilines is 2. The summed E-state index contributed by atoms with van der Waals surface area (Å²) in [6.45, 7) is 2.30. The average molecular weight is 531 g/mol. The molecule has 1 unspecified atom stereocenters. The van der Waals surface area contributed by atoms with E-state index in [1.807, 2.05) is 6.07 Å². The maximum Gasteiger partial charge on any atom is 0.423 e. The fourth-order valence-corrected chi connectivity index (χ4v) is 3.69. The number of carbonyl (C=O) groups excluding carboxylic acids is 1. The Labute approximate surface area is 210 Å². The van der Waals surface area contributed by atoms with Crippen LogP contribution in [-0.4, -0.2) is 78.5 Å². The Kier molecular flexibility index (Phi) is 9.53. The smallest absolute Gasteiger partial charge is 0.423 e. The Hall–Kier alpha value is -3.32. The molecule has 0 bridgehead atoms. The second kappa shape index (κ2) is 12.6. The lowest BCUT2D eigenvalue weighted by molar-refractivity contribution is -0.138. The van der Waals surface area contributed by atoms with Gasteiger partial charge >= 0.3 is 6.18 Å². The SMILES string of the molecule is CO/C=C/C(COCCC(=O)N1CCN(c2ccc(Cl)cn2)CC1)Nc1cn[nH]c(=O)c1C(F)(F)F. The van der Waals surface area contributed by atoms with E-state index in [1.54, 1.807) is 22.3 Å². The summed E-state index contributed by atoms with van der Waals surface area (Å²) in [5.74, 6) is 0.704. The zero-order valence-corrected chi connectivity index (χ0v) is 20.2. The number of nitrogens with one attached hydrogen (secondary N) is 2. The molecule has 36 heavy (non-hydrogen) atoms. The van der Waals surface area contributed by atoms with Crippen molar-refractivity contribution >= 4 is 29.0 Å². The lowest BCUT2D eigenvalue weighted by Gasteiger charge is -2.35. The molecule has 1 aliphatic heterocycles. The maximum absolute atomic E-state index is 13.3. The van der Waals surface area contributed by atoms with Gasteiger partial charge in [-0.2, -0.15) is 18.3 Å². The zero-order chi connectivity index (χ0) is 26.1. The lowest BCUT2D eigenvalue weighted by atomic mass is 10.2. The summed E-state index contributed by atoms with van der Waals surface area (Å²) in [7, 11) is 1.38. The summed E-state index contributed by atoms with van der Waals surface area (Å²) in [6.07, 6.45) is 0.393. The first-order chi connectivity index (χ1) is 17.2. The van der Waals surface area contributed by atoms with Gasteiger partial charge in [-0.15, -0.1) is 0 Å². The van der Waals surface area contributed by atoms with Crippen molar-refractivity contribution in [2.24, 2.45) is 0 Å². The molecule has 2 aromatic rings. The normalized spacial score (nSPS) is 15.2. The number of methoxy groups -OCH3 is 1. The van der Waals surface area contributed by atoms with Gasteiger partial charge in [0.2, 0.25) is 5.91 Å². The molecule has 10 nitrogen and oxygen atoms in total. The molecule has 2 N–H and O–H groups in total. The average Bonchev–Trinajstić information content (AvgIpc) is 2.84. The fourth-order valence-electron chi connectivity index (χ4n) is 3.58. The third-order valence-electron chi connectivity index (χ3n) is 5.35. The van der Waals surface area contributed by atoms with Crippen molar-refractivity contribution in [1.29, 1.82) is 0 Å². The number of H-pyrrole nitrogens is 1. The van der Waals surface area contributed by atoms with Crippen LogP contribution < -0.4 is 15.8 Å². The van der Waals surface area contributed by atoms with E-state index in [-0.39, 0.29) is 25.5 Å². The van der Waals surface area contributed by atoms with Crippen LogP contribution in [0.4, 0.5) is 24.7 Å². The van der Waals surface area contributed by atoms with E-state index in [1.165, 1.54) is 19.4 Å². The molecule has 0 saturated carbocycles. The number of hydrogen-bond acceptors (Lipinski definition) is 8. The summed E-state index contributed by atoms with van der Waals surface area (Å²) >= 11 is 5.87. The molecule has 1 fully saturated rings. The Balaban J connectivity index is 1.48. The van der Waals surface area contributed by atoms with Crippen LogP contribution >= 0.6 is 11.6 Å². The van der Waals surface area contributed by atoms with E-state index in [0.717, 1.165) is 12.0 Å². The predicted octanol–water partition coefficient (Wildman–Crippen LogP) is 2.53. The summed E-state index contributed by atoms with van der Waals surface area (Å²) in [6, 6.07) is 2.81. The Morgan fingerprint density at radius 3 is 2.67 bits per heavy atom. The summed E-state index contributed by atoms with van der Waals surface area (Å²) in [4.78, 5) is 32.3. The van der Waals surface area contributed by atoms with Crippen LogP contribution in [0.1, 0.15) is 12.0 Å². The zero-order valence-electron chi connectivity index (χ0n) is 19.4. The third-order valence-corrected chi connectivity index (χ3v) is 5.58. The van der Waals surface area contributed by atoms with E-state index in [2.05, 4.69) is 20.3 Å². The van der Waals surface area contributed by atoms with Gasteiger partial charge in [0.1, 0.15) is 11.4 Å². The van der Waals surface area contributed by atoms with Gasteiger partial charge in [-0.3, -0.25) is 9.59 Å². The number of carbonyl (C=O) groups is 1. The highest BCUT2D eigenvalue weighted by Crippen LogP contribution is 2.31. The van der Waals surface area contributed by atoms with E-state index >= 15 is 0 Å². The molecule has 0 aliphatic carbocycles. The quantitative estimate of drug-likeness (QED) is 0.356. The number of rotatable bonds is 10. The van der Waals surface area contributed by atoms with Crippen LogP contribution in [0.3, 0.4) is 0 Å². The van der Waals surface area contributed by atoms with Crippen LogP contribution in [0, 0.1) is 0 Å². The molecule has 2 aromatic heterocycles. The minimum Gasteiger partial charge on any atom is -0.505 e. The Bertz CT molecular complexity index is 1090. The number of aromatic amines is 1. The molecule has 1 amide bonds. The van der Waals surface area contributed by atoms with Gasteiger partial charge in [-0.25, -0.2) is 10.1 Å². The molecular formula is C22H26ClF3N6O4. The minimum atomic E-state index is -4.88. The molecule has 0 aromatic carbocycles. The molecule has 1 atom stereocenters. The highest BCUT2D eigenvalue weighted by Gasteiger charge is 2.37. The van der Waals surface area contributed by atoms with Gasteiger partial charge in [0.25, 0.3) is 5.56 Å². The number of amides is 1. The van der Waals surface area contributed by atoms with Crippen molar-refractivity contribution in [3.63, 3.8) is 0 Å². The van der Waals surface area contributed by atoms with Crippen molar-refractivity contribution < 1.29 is 27.4 Å². The molecule has 196 valence electrons. The van der Waals surface area contributed by atoms with Gasteiger partial charge in [0.15, 0.2) is 0 Å². The number of ether oxygens (including phenoxy) is 2. The Morgan fingerprint density at radius 2 is 2.03 bits per heavy atom. The predicted molar refractivity (Wildman–Crippen MR) is 127 cm³/mol. The number of alkyl halides is 3. The van der Waals surface area contributed by atoms with Crippen LogP contribution in [0.2, 0.25) is 5.02 Å². The van der Waals surface area contributed by atoms with E-state index in [0.29, 0.717) is 31.2 Å². The molecular weight excluding hydrogens is 505 g/mol. The molecule has 1 saturated heterocycles.